The number of methoxy groups -OCH3 is 1. The number of nitrogens with zero attached hydrogens (tertiary/aromatic N) is 1. The first kappa shape index (κ1) is 16.8. The third-order valence-electron chi connectivity index (χ3n) is 3.79. The fourth-order valence-corrected chi connectivity index (χ4v) is 2.32. The molecule has 2 rings (SSSR count). The van der Waals surface area contributed by atoms with Crippen molar-refractivity contribution in [2.45, 2.75) is 25.3 Å². The largest absolute Gasteiger partial charge is 0.497 e. The Morgan fingerprint density at radius 2 is 2.22 bits per heavy atom. The van der Waals surface area contributed by atoms with Crippen molar-refractivity contribution in [1.82, 2.24) is 10.8 Å². The smallest absolute Gasteiger partial charge is 0.275 e. The average Bonchev–Trinajstić information content (AvgIpc) is 3.35. The number of aliphatic imine (C=N–C) groups is 1. The molecule has 0 atom stereocenters. The fraction of sp³-hybridized carbons (Fsp3) is 0.294. The van der Waals surface area contributed by atoms with Crippen molar-refractivity contribution < 1.29 is 14.7 Å². The van der Waals surface area contributed by atoms with E-state index in [0.29, 0.717) is 5.82 Å². The van der Waals surface area contributed by atoms with E-state index in [4.69, 9.17) is 9.94 Å². The normalized spacial score (nSPS) is 16.0. The molecule has 0 radical (unpaired) electrons. The van der Waals surface area contributed by atoms with Crippen LogP contribution in [0.3, 0.4) is 0 Å². The van der Waals surface area contributed by atoms with Gasteiger partial charge in [0.15, 0.2) is 0 Å². The summed E-state index contributed by atoms with van der Waals surface area (Å²) in [5.74, 6) is 0.647. The van der Waals surface area contributed by atoms with Crippen LogP contribution in [-0.2, 0) is 10.3 Å². The summed E-state index contributed by atoms with van der Waals surface area (Å²) in [5, 5.41) is 11.9. The molecular weight excluding hydrogens is 294 g/mol. The van der Waals surface area contributed by atoms with Gasteiger partial charge < -0.3 is 10.1 Å². The highest BCUT2D eigenvalue weighted by atomic mass is 16.5. The molecule has 1 aromatic rings. The third kappa shape index (κ3) is 3.98. The minimum absolute atomic E-state index is 0.182. The van der Waals surface area contributed by atoms with Crippen molar-refractivity contribution in [3.63, 3.8) is 0 Å². The number of carbonyl (C=O) groups is 1. The topological polar surface area (TPSA) is 83.0 Å². The second-order valence-corrected chi connectivity index (χ2v) is 5.33. The van der Waals surface area contributed by atoms with E-state index in [-0.39, 0.29) is 11.1 Å². The second kappa shape index (κ2) is 7.11. The predicted octanol–water partition coefficient (Wildman–Crippen LogP) is 2.27. The molecule has 0 heterocycles. The maximum Gasteiger partial charge on any atom is 0.275 e. The Kier molecular flexibility index (Phi) is 5.18. The molecule has 3 N–H and O–H groups in total. The van der Waals surface area contributed by atoms with Crippen LogP contribution < -0.4 is 15.5 Å². The molecule has 1 saturated carbocycles. The molecule has 6 nitrogen and oxygen atoms in total. The number of hydrogen-bond donors (Lipinski definition) is 3. The van der Waals surface area contributed by atoms with Crippen molar-refractivity contribution in [3.8, 4) is 5.75 Å². The maximum absolute atomic E-state index is 11.4. The number of benzene rings is 1. The van der Waals surface area contributed by atoms with Crippen molar-refractivity contribution in [1.29, 1.82) is 0 Å². The highest BCUT2D eigenvalue weighted by molar-refractivity contribution is 6.11. The molecule has 6 heteroatoms. The van der Waals surface area contributed by atoms with Crippen LogP contribution in [0.1, 0.15) is 25.3 Å². The zero-order chi connectivity index (χ0) is 16.9. The first-order chi connectivity index (χ1) is 11.0. The van der Waals surface area contributed by atoms with Crippen LogP contribution in [0.4, 0.5) is 0 Å². The van der Waals surface area contributed by atoms with E-state index in [1.165, 1.54) is 6.21 Å². The van der Waals surface area contributed by atoms with E-state index in [1.807, 2.05) is 24.3 Å². The lowest BCUT2D eigenvalue weighted by atomic mass is 10.0. The predicted molar refractivity (Wildman–Crippen MR) is 88.4 cm³/mol. The lowest BCUT2D eigenvalue weighted by Crippen LogP contribution is -2.27. The number of amides is 1. The van der Waals surface area contributed by atoms with Crippen LogP contribution >= 0.6 is 0 Å². The highest BCUT2D eigenvalue weighted by Gasteiger charge is 2.44. The van der Waals surface area contributed by atoms with Gasteiger partial charge in [-0.05, 0) is 37.5 Å². The molecule has 0 unspecified atom stereocenters. The SMILES string of the molecule is C=C(/N=C\C(=C/C)C(=O)NO)NC1(c2cccc(OC)c2)CC1. The number of carbonyl (C=O) groups excluding carboxylic acids is 1. The molecular formula is C17H21N3O3. The van der Waals surface area contributed by atoms with Crippen LogP contribution in [0.5, 0.6) is 5.75 Å². The lowest BCUT2D eigenvalue weighted by molar-refractivity contribution is -0.124. The summed E-state index contributed by atoms with van der Waals surface area (Å²) in [7, 11) is 1.64. The molecule has 1 amide bonds. The molecule has 1 aliphatic rings. The average molecular weight is 315 g/mol. The van der Waals surface area contributed by atoms with Crippen LogP contribution in [0.2, 0.25) is 0 Å². The van der Waals surface area contributed by atoms with Crippen molar-refractivity contribution in [3.05, 3.63) is 53.9 Å². The Balaban J connectivity index is 2.06. The quantitative estimate of drug-likeness (QED) is 0.312. The second-order valence-electron chi connectivity index (χ2n) is 5.33. The van der Waals surface area contributed by atoms with Gasteiger partial charge in [0.05, 0.1) is 18.2 Å². The van der Waals surface area contributed by atoms with Gasteiger partial charge in [-0.3, -0.25) is 10.0 Å². The van der Waals surface area contributed by atoms with Crippen molar-refractivity contribution >= 4 is 12.1 Å². The summed E-state index contributed by atoms with van der Waals surface area (Å²) in [4.78, 5) is 15.5. The van der Waals surface area contributed by atoms with Gasteiger partial charge in [-0.1, -0.05) is 24.8 Å². The van der Waals surface area contributed by atoms with E-state index in [0.717, 1.165) is 24.2 Å². The molecule has 1 aliphatic carbocycles. The van der Waals surface area contributed by atoms with E-state index >= 15 is 0 Å². The summed E-state index contributed by atoms with van der Waals surface area (Å²) in [6, 6.07) is 7.88. The van der Waals surface area contributed by atoms with Crippen LogP contribution in [0.15, 0.2) is 53.3 Å². The molecule has 23 heavy (non-hydrogen) atoms. The summed E-state index contributed by atoms with van der Waals surface area (Å²) >= 11 is 0. The monoisotopic (exact) mass is 315 g/mol. The summed E-state index contributed by atoms with van der Waals surface area (Å²) < 4.78 is 5.26. The van der Waals surface area contributed by atoms with Gasteiger partial charge in [-0.25, -0.2) is 10.5 Å². The fourth-order valence-electron chi connectivity index (χ4n) is 2.32. The van der Waals surface area contributed by atoms with Gasteiger partial charge in [-0.2, -0.15) is 0 Å². The minimum Gasteiger partial charge on any atom is -0.497 e. The molecule has 0 spiro atoms. The summed E-state index contributed by atoms with van der Waals surface area (Å²) in [5.41, 5.74) is 2.76. The molecule has 0 aliphatic heterocycles. The Labute approximate surface area is 135 Å². The molecule has 1 aromatic carbocycles. The van der Waals surface area contributed by atoms with Gasteiger partial charge >= 0.3 is 0 Å². The number of ether oxygens (including phenoxy) is 1. The Morgan fingerprint density at radius 3 is 2.78 bits per heavy atom. The number of rotatable bonds is 7. The standard InChI is InChI=1S/C17H21N3O3/c1-4-13(16(21)20-22)11-18-12(2)19-17(8-9-17)14-6-5-7-15(10-14)23-3/h4-7,10-11,19,22H,2,8-9H2,1,3H3,(H,20,21)/b13-4+,18-11-. The lowest BCUT2D eigenvalue weighted by Gasteiger charge is -2.19. The minimum atomic E-state index is -0.613. The molecule has 1 fully saturated rings. The first-order valence-electron chi connectivity index (χ1n) is 7.31. The van der Waals surface area contributed by atoms with Gasteiger partial charge in [0.1, 0.15) is 11.6 Å². The third-order valence-corrected chi connectivity index (χ3v) is 3.79. The van der Waals surface area contributed by atoms with E-state index in [9.17, 15) is 4.79 Å². The number of hydrogen-bond acceptors (Lipinski definition) is 5. The van der Waals surface area contributed by atoms with E-state index in [1.54, 1.807) is 25.6 Å². The zero-order valence-corrected chi connectivity index (χ0v) is 13.3. The molecule has 0 bridgehead atoms. The Hall–Kier alpha value is -2.60. The number of hydroxylamine groups is 1. The Bertz CT molecular complexity index is 661. The van der Waals surface area contributed by atoms with Gasteiger partial charge in [0, 0.05) is 6.21 Å². The van der Waals surface area contributed by atoms with Crippen LogP contribution in [-0.4, -0.2) is 24.4 Å². The molecule has 122 valence electrons. The van der Waals surface area contributed by atoms with Crippen molar-refractivity contribution in [2.24, 2.45) is 4.99 Å². The van der Waals surface area contributed by atoms with Crippen LogP contribution in [0, 0.1) is 0 Å². The Morgan fingerprint density at radius 1 is 1.48 bits per heavy atom. The zero-order valence-electron chi connectivity index (χ0n) is 13.3. The van der Waals surface area contributed by atoms with Gasteiger partial charge in [-0.15, -0.1) is 0 Å². The van der Waals surface area contributed by atoms with Gasteiger partial charge in [0.2, 0.25) is 0 Å². The molecule has 0 aromatic heterocycles. The number of nitrogens with one attached hydrogen (secondary N) is 2. The molecule has 0 saturated heterocycles. The summed E-state index contributed by atoms with van der Waals surface area (Å²) in [6.45, 7) is 5.56. The van der Waals surface area contributed by atoms with Crippen molar-refractivity contribution in [2.75, 3.05) is 7.11 Å². The van der Waals surface area contributed by atoms with Crippen LogP contribution in [0.25, 0.3) is 0 Å². The maximum atomic E-state index is 11.4. The number of allylic oxidation sites excluding steroid dienone is 1. The first-order valence-corrected chi connectivity index (χ1v) is 7.31. The van der Waals surface area contributed by atoms with E-state index < -0.39 is 5.91 Å². The van der Waals surface area contributed by atoms with Gasteiger partial charge in [0.25, 0.3) is 5.91 Å². The van der Waals surface area contributed by atoms with E-state index in [2.05, 4.69) is 16.9 Å². The highest BCUT2D eigenvalue weighted by Crippen LogP contribution is 2.46. The summed E-state index contributed by atoms with van der Waals surface area (Å²) in [6.07, 6.45) is 4.87.